The van der Waals surface area contributed by atoms with Crippen LogP contribution in [0.5, 0.6) is 0 Å². The molecule has 0 saturated carbocycles. The van der Waals surface area contributed by atoms with Crippen LogP contribution in [0, 0.1) is 0 Å². The Labute approximate surface area is 110 Å². The first-order valence-electron chi connectivity index (χ1n) is 5.67. The molecular weight excluding hydrogens is 276 g/mol. The zero-order valence-corrected chi connectivity index (χ0v) is 11.3. The summed E-state index contributed by atoms with van der Waals surface area (Å²) >= 11 is 3.49. The van der Waals surface area contributed by atoms with Crippen molar-refractivity contribution < 1.29 is 0 Å². The molecule has 1 heterocycles. The molecule has 0 fully saturated rings. The molecule has 2 rings (SSSR count). The molecule has 1 aromatic carbocycles. The summed E-state index contributed by atoms with van der Waals surface area (Å²) < 4.78 is 0.953. The van der Waals surface area contributed by atoms with Gasteiger partial charge in [0.1, 0.15) is 0 Å². The van der Waals surface area contributed by atoms with Crippen LogP contribution in [0.3, 0.4) is 0 Å². The molecule has 3 heteroatoms. The van der Waals surface area contributed by atoms with Gasteiger partial charge in [-0.05, 0) is 45.6 Å². The maximum Gasteiger partial charge on any atom is 0.0758 e. The summed E-state index contributed by atoms with van der Waals surface area (Å²) in [6, 6.07) is 12.0. The molecule has 0 bridgehead atoms. The summed E-state index contributed by atoms with van der Waals surface area (Å²) in [7, 11) is 0. The van der Waals surface area contributed by atoms with Crippen molar-refractivity contribution in [1.29, 1.82) is 0 Å². The lowest BCUT2D eigenvalue weighted by atomic mass is 10.0. The number of aryl methyl sites for hydroxylation is 1. The number of nitrogens with zero attached hydrogens (tertiary/aromatic N) is 1. The highest BCUT2D eigenvalue weighted by atomic mass is 79.9. The second-order valence-electron chi connectivity index (χ2n) is 3.95. The largest absolute Gasteiger partial charge is 0.319 e. The molecule has 1 unspecified atom stereocenters. The van der Waals surface area contributed by atoms with Crippen molar-refractivity contribution in [3.05, 3.63) is 63.9 Å². The number of halogens is 1. The summed E-state index contributed by atoms with van der Waals surface area (Å²) in [6.07, 6.45) is 2.79. The molecule has 0 aliphatic rings. The van der Waals surface area contributed by atoms with Crippen LogP contribution in [-0.4, -0.2) is 4.98 Å². The molecule has 0 radical (unpaired) electrons. The molecule has 0 spiro atoms. The van der Waals surface area contributed by atoms with E-state index in [4.69, 9.17) is 5.73 Å². The van der Waals surface area contributed by atoms with Crippen molar-refractivity contribution in [3.8, 4) is 0 Å². The minimum Gasteiger partial charge on any atom is -0.319 e. The van der Waals surface area contributed by atoms with Gasteiger partial charge in [-0.3, -0.25) is 4.98 Å². The molecule has 88 valence electrons. The van der Waals surface area contributed by atoms with Gasteiger partial charge in [-0.15, -0.1) is 0 Å². The molecule has 1 atom stereocenters. The van der Waals surface area contributed by atoms with Gasteiger partial charge in [0.2, 0.25) is 0 Å². The standard InChI is InChI=1S/C14H15BrN2/c1-2-10-5-3-6-11(9-10)13(16)14-12(15)7-4-8-17-14/h3-9,13H,2,16H2,1H3. The summed E-state index contributed by atoms with van der Waals surface area (Å²) in [5.74, 6) is 0. The van der Waals surface area contributed by atoms with E-state index in [1.54, 1.807) is 6.20 Å². The van der Waals surface area contributed by atoms with Gasteiger partial charge < -0.3 is 5.73 Å². The van der Waals surface area contributed by atoms with Gasteiger partial charge in [-0.1, -0.05) is 31.2 Å². The van der Waals surface area contributed by atoms with Gasteiger partial charge >= 0.3 is 0 Å². The van der Waals surface area contributed by atoms with E-state index in [0.29, 0.717) is 0 Å². The fraction of sp³-hybridized carbons (Fsp3) is 0.214. The Morgan fingerprint density at radius 3 is 2.82 bits per heavy atom. The molecule has 1 aromatic heterocycles. The zero-order chi connectivity index (χ0) is 12.3. The normalized spacial score (nSPS) is 12.4. The quantitative estimate of drug-likeness (QED) is 0.940. The Morgan fingerprint density at radius 2 is 2.12 bits per heavy atom. The van der Waals surface area contributed by atoms with Crippen molar-refractivity contribution in [3.63, 3.8) is 0 Å². The molecule has 0 aliphatic heterocycles. The lowest BCUT2D eigenvalue weighted by molar-refractivity contribution is 0.819. The maximum atomic E-state index is 6.25. The number of nitrogens with two attached hydrogens (primary N) is 1. The van der Waals surface area contributed by atoms with Crippen LogP contribution in [0.15, 0.2) is 47.1 Å². The van der Waals surface area contributed by atoms with Crippen molar-refractivity contribution in [2.75, 3.05) is 0 Å². The maximum absolute atomic E-state index is 6.25. The molecular formula is C14H15BrN2. The summed E-state index contributed by atoms with van der Waals surface area (Å²) in [6.45, 7) is 2.14. The van der Waals surface area contributed by atoms with Crippen LogP contribution in [0.2, 0.25) is 0 Å². The fourth-order valence-electron chi connectivity index (χ4n) is 1.79. The predicted molar refractivity (Wildman–Crippen MR) is 73.8 cm³/mol. The van der Waals surface area contributed by atoms with Crippen molar-refractivity contribution >= 4 is 15.9 Å². The fourth-order valence-corrected chi connectivity index (χ4v) is 2.29. The number of pyridine rings is 1. The molecule has 0 amide bonds. The molecule has 2 aromatic rings. The van der Waals surface area contributed by atoms with Crippen molar-refractivity contribution in [1.82, 2.24) is 4.98 Å². The SMILES string of the molecule is CCc1cccc(C(N)c2ncccc2Br)c1. The predicted octanol–water partition coefficient (Wildman–Crippen LogP) is 3.45. The lowest BCUT2D eigenvalue weighted by Crippen LogP contribution is -2.14. The third kappa shape index (κ3) is 2.73. The van der Waals surface area contributed by atoms with Crippen LogP contribution < -0.4 is 5.73 Å². The van der Waals surface area contributed by atoms with Crippen LogP contribution in [0.1, 0.15) is 29.8 Å². The number of hydrogen-bond acceptors (Lipinski definition) is 2. The minimum atomic E-state index is -0.183. The number of aromatic nitrogens is 1. The van der Waals surface area contributed by atoms with E-state index in [1.165, 1.54) is 5.56 Å². The monoisotopic (exact) mass is 290 g/mol. The molecule has 0 aliphatic carbocycles. The Hall–Kier alpha value is -1.19. The smallest absolute Gasteiger partial charge is 0.0758 e. The van der Waals surface area contributed by atoms with Gasteiger partial charge in [-0.25, -0.2) is 0 Å². The topological polar surface area (TPSA) is 38.9 Å². The molecule has 17 heavy (non-hydrogen) atoms. The van der Waals surface area contributed by atoms with Gasteiger partial charge in [0.25, 0.3) is 0 Å². The highest BCUT2D eigenvalue weighted by molar-refractivity contribution is 9.10. The van der Waals surface area contributed by atoms with E-state index < -0.39 is 0 Å². The van der Waals surface area contributed by atoms with Gasteiger partial charge in [0.15, 0.2) is 0 Å². The van der Waals surface area contributed by atoms with E-state index >= 15 is 0 Å². The van der Waals surface area contributed by atoms with Crippen molar-refractivity contribution in [2.24, 2.45) is 5.73 Å². The van der Waals surface area contributed by atoms with Crippen LogP contribution in [0.25, 0.3) is 0 Å². The zero-order valence-electron chi connectivity index (χ0n) is 9.73. The first kappa shape index (κ1) is 12.3. The summed E-state index contributed by atoms with van der Waals surface area (Å²) in [5, 5.41) is 0. The summed E-state index contributed by atoms with van der Waals surface area (Å²) in [5.41, 5.74) is 9.52. The van der Waals surface area contributed by atoms with Crippen LogP contribution in [0.4, 0.5) is 0 Å². The van der Waals surface area contributed by atoms with Gasteiger partial charge in [0.05, 0.1) is 11.7 Å². The van der Waals surface area contributed by atoms with Crippen LogP contribution in [-0.2, 0) is 6.42 Å². The Kier molecular flexibility index (Phi) is 3.92. The third-order valence-electron chi connectivity index (χ3n) is 2.80. The van der Waals surface area contributed by atoms with Gasteiger partial charge in [-0.2, -0.15) is 0 Å². The third-order valence-corrected chi connectivity index (χ3v) is 3.47. The Bertz CT molecular complexity index is 511. The molecule has 0 saturated heterocycles. The van der Waals surface area contributed by atoms with Gasteiger partial charge in [0, 0.05) is 10.7 Å². The van der Waals surface area contributed by atoms with Crippen LogP contribution >= 0.6 is 15.9 Å². The summed E-state index contributed by atoms with van der Waals surface area (Å²) in [4.78, 5) is 4.34. The second-order valence-corrected chi connectivity index (χ2v) is 4.80. The highest BCUT2D eigenvalue weighted by Crippen LogP contribution is 2.25. The number of rotatable bonds is 3. The average Bonchev–Trinajstić information content (AvgIpc) is 2.38. The molecule has 2 N–H and O–H groups in total. The van der Waals surface area contributed by atoms with E-state index in [0.717, 1.165) is 22.2 Å². The first-order chi connectivity index (χ1) is 8.22. The number of hydrogen-bond donors (Lipinski definition) is 1. The Morgan fingerprint density at radius 1 is 1.29 bits per heavy atom. The van der Waals surface area contributed by atoms with Crippen molar-refractivity contribution in [2.45, 2.75) is 19.4 Å². The van der Waals surface area contributed by atoms with E-state index in [-0.39, 0.29) is 6.04 Å². The first-order valence-corrected chi connectivity index (χ1v) is 6.46. The lowest BCUT2D eigenvalue weighted by Gasteiger charge is -2.14. The van der Waals surface area contributed by atoms with E-state index in [1.807, 2.05) is 24.3 Å². The highest BCUT2D eigenvalue weighted by Gasteiger charge is 2.13. The molecule has 2 nitrogen and oxygen atoms in total. The average molecular weight is 291 g/mol. The number of benzene rings is 1. The minimum absolute atomic E-state index is 0.183. The van der Waals surface area contributed by atoms with E-state index in [2.05, 4.69) is 40.0 Å². The van der Waals surface area contributed by atoms with E-state index in [9.17, 15) is 0 Å². The second kappa shape index (κ2) is 5.43. The Balaban J connectivity index is 2.37.